The number of nitrogens with one attached hydrogen (secondary N) is 1. The number of amides is 1. The number of halogens is 2. The monoisotopic (exact) mass is 387 g/mol. The molecule has 3 aromatic rings. The Hall–Kier alpha value is -2.63. The summed E-state index contributed by atoms with van der Waals surface area (Å²) in [6, 6.07) is 15.6. The van der Waals surface area contributed by atoms with E-state index in [-0.39, 0.29) is 12.2 Å². The van der Waals surface area contributed by atoms with Gasteiger partial charge in [0.05, 0.1) is 10.7 Å². The van der Waals surface area contributed by atoms with Crippen molar-refractivity contribution in [3.63, 3.8) is 0 Å². The SMILES string of the molecule is Cc1cc(=O)c(C(=O)NCc2cccc(Cl)c2)nn1-c1ccccc1Cl. The molecule has 26 heavy (non-hydrogen) atoms. The number of aryl methyl sites for hydroxylation is 1. The summed E-state index contributed by atoms with van der Waals surface area (Å²) >= 11 is 12.1. The summed E-state index contributed by atoms with van der Waals surface area (Å²) in [7, 11) is 0. The molecule has 132 valence electrons. The molecule has 0 saturated carbocycles. The summed E-state index contributed by atoms with van der Waals surface area (Å²) in [6.45, 7) is 1.96. The van der Waals surface area contributed by atoms with Crippen molar-refractivity contribution in [2.45, 2.75) is 13.5 Å². The molecule has 0 unspecified atom stereocenters. The van der Waals surface area contributed by atoms with E-state index in [1.165, 1.54) is 10.7 Å². The fraction of sp³-hybridized carbons (Fsp3) is 0.105. The average molecular weight is 388 g/mol. The molecule has 0 atom stereocenters. The van der Waals surface area contributed by atoms with Crippen molar-refractivity contribution < 1.29 is 4.79 Å². The fourth-order valence-electron chi connectivity index (χ4n) is 2.49. The number of hydrogen-bond donors (Lipinski definition) is 1. The van der Waals surface area contributed by atoms with E-state index in [4.69, 9.17) is 23.2 Å². The quantitative estimate of drug-likeness (QED) is 0.740. The summed E-state index contributed by atoms with van der Waals surface area (Å²) < 4.78 is 1.48. The van der Waals surface area contributed by atoms with E-state index in [2.05, 4.69) is 10.4 Å². The Labute approximate surface area is 160 Å². The molecule has 0 saturated heterocycles. The Morgan fingerprint density at radius 3 is 2.62 bits per heavy atom. The minimum absolute atomic E-state index is 0.197. The second-order valence-electron chi connectivity index (χ2n) is 5.67. The van der Waals surface area contributed by atoms with Gasteiger partial charge in [-0.25, -0.2) is 4.68 Å². The Kier molecular flexibility index (Phi) is 5.40. The van der Waals surface area contributed by atoms with Crippen molar-refractivity contribution in [3.05, 3.63) is 91.8 Å². The maximum atomic E-state index is 12.5. The highest BCUT2D eigenvalue weighted by Crippen LogP contribution is 2.19. The summed E-state index contributed by atoms with van der Waals surface area (Å²) in [5.74, 6) is -0.559. The lowest BCUT2D eigenvalue weighted by Crippen LogP contribution is -2.31. The van der Waals surface area contributed by atoms with Crippen LogP contribution in [0.15, 0.2) is 59.4 Å². The van der Waals surface area contributed by atoms with Gasteiger partial charge in [-0.15, -0.1) is 0 Å². The molecule has 1 heterocycles. The molecule has 0 bridgehead atoms. The highest BCUT2D eigenvalue weighted by atomic mass is 35.5. The van der Waals surface area contributed by atoms with Crippen LogP contribution < -0.4 is 10.7 Å². The molecule has 0 aliphatic carbocycles. The first-order valence-corrected chi connectivity index (χ1v) is 8.60. The number of carbonyl (C=O) groups excluding carboxylic acids is 1. The lowest BCUT2D eigenvalue weighted by atomic mass is 10.2. The van der Waals surface area contributed by atoms with Gasteiger partial charge in [0.1, 0.15) is 0 Å². The van der Waals surface area contributed by atoms with E-state index >= 15 is 0 Å². The highest BCUT2D eigenvalue weighted by Gasteiger charge is 2.16. The zero-order valence-corrected chi connectivity index (χ0v) is 15.4. The first kappa shape index (κ1) is 18.2. The van der Waals surface area contributed by atoms with Gasteiger partial charge in [-0.05, 0) is 36.8 Å². The van der Waals surface area contributed by atoms with Gasteiger partial charge in [0, 0.05) is 23.3 Å². The smallest absolute Gasteiger partial charge is 0.276 e. The van der Waals surface area contributed by atoms with Gasteiger partial charge in [0.2, 0.25) is 5.43 Å². The molecule has 5 nitrogen and oxygen atoms in total. The van der Waals surface area contributed by atoms with E-state index in [1.807, 2.05) is 6.07 Å². The molecule has 2 aromatic carbocycles. The molecular formula is C19H15Cl2N3O2. The molecular weight excluding hydrogens is 373 g/mol. The van der Waals surface area contributed by atoms with Gasteiger partial charge in [-0.3, -0.25) is 9.59 Å². The maximum Gasteiger partial charge on any atom is 0.276 e. The van der Waals surface area contributed by atoms with E-state index in [0.29, 0.717) is 21.4 Å². The van der Waals surface area contributed by atoms with Crippen molar-refractivity contribution in [1.82, 2.24) is 15.1 Å². The van der Waals surface area contributed by atoms with Gasteiger partial charge < -0.3 is 5.32 Å². The van der Waals surface area contributed by atoms with Crippen LogP contribution in [-0.4, -0.2) is 15.7 Å². The summed E-state index contributed by atoms with van der Waals surface area (Å²) in [5, 5.41) is 7.95. The first-order chi connectivity index (χ1) is 12.5. The van der Waals surface area contributed by atoms with Crippen LogP contribution in [-0.2, 0) is 6.54 Å². The maximum absolute atomic E-state index is 12.5. The van der Waals surface area contributed by atoms with E-state index in [9.17, 15) is 9.59 Å². The van der Waals surface area contributed by atoms with Gasteiger partial charge >= 0.3 is 0 Å². The van der Waals surface area contributed by atoms with Crippen LogP contribution in [0.4, 0.5) is 0 Å². The van der Waals surface area contributed by atoms with Crippen molar-refractivity contribution >= 4 is 29.1 Å². The summed E-state index contributed by atoms with van der Waals surface area (Å²) in [4.78, 5) is 24.7. The van der Waals surface area contributed by atoms with Crippen molar-refractivity contribution in [1.29, 1.82) is 0 Å². The highest BCUT2D eigenvalue weighted by molar-refractivity contribution is 6.32. The zero-order valence-electron chi connectivity index (χ0n) is 13.9. The molecule has 7 heteroatoms. The molecule has 0 fully saturated rings. The molecule has 1 N–H and O–H groups in total. The van der Waals surface area contributed by atoms with E-state index < -0.39 is 11.3 Å². The first-order valence-electron chi connectivity index (χ1n) is 7.84. The van der Waals surface area contributed by atoms with Gasteiger partial charge in [-0.1, -0.05) is 47.5 Å². The van der Waals surface area contributed by atoms with Crippen LogP contribution in [0.5, 0.6) is 0 Å². The molecule has 1 aromatic heterocycles. The van der Waals surface area contributed by atoms with E-state index in [0.717, 1.165) is 5.56 Å². The third-order valence-electron chi connectivity index (χ3n) is 3.75. The molecule has 0 aliphatic rings. The zero-order chi connectivity index (χ0) is 18.7. The van der Waals surface area contributed by atoms with Crippen molar-refractivity contribution in [3.8, 4) is 5.69 Å². The van der Waals surface area contributed by atoms with Crippen LogP contribution >= 0.6 is 23.2 Å². The summed E-state index contributed by atoms with van der Waals surface area (Å²) in [6.07, 6.45) is 0. The molecule has 3 rings (SSSR count). The van der Waals surface area contributed by atoms with Crippen LogP contribution in [0.1, 0.15) is 21.7 Å². The third-order valence-corrected chi connectivity index (χ3v) is 4.30. The Morgan fingerprint density at radius 2 is 1.88 bits per heavy atom. The second kappa shape index (κ2) is 7.72. The standard InChI is InChI=1S/C19H15Cl2N3O2/c1-12-9-17(25)18(23-24(12)16-8-3-2-7-15(16)21)19(26)22-11-13-5-4-6-14(20)10-13/h2-10H,11H2,1H3,(H,22,26). The minimum Gasteiger partial charge on any atom is -0.346 e. The lowest BCUT2D eigenvalue weighted by Gasteiger charge is -2.12. The Morgan fingerprint density at radius 1 is 1.12 bits per heavy atom. The summed E-state index contributed by atoms with van der Waals surface area (Å²) in [5.41, 5.74) is 1.35. The topological polar surface area (TPSA) is 64.0 Å². The number of carbonyl (C=O) groups is 1. The number of rotatable bonds is 4. The molecule has 0 aliphatic heterocycles. The third kappa shape index (κ3) is 3.95. The normalized spacial score (nSPS) is 10.6. The average Bonchev–Trinajstić information content (AvgIpc) is 2.61. The second-order valence-corrected chi connectivity index (χ2v) is 6.52. The number of para-hydroxylation sites is 1. The van der Waals surface area contributed by atoms with E-state index in [1.54, 1.807) is 49.4 Å². The lowest BCUT2D eigenvalue weighted by molar-refractivity contribution is 0.0943. The molecule has 0 spiro atoms. The molecule has 1 amide bonds. The minimum atomic E-state index is -0.559. The number of aromatic nitrogens is 2. The largest absolute Gasteiger partial charge is 0.346 e. The number of hydrogen-bond acceptors (Lipinski definition) is 3. The number of benzene rings is 2. The van der Waals surface area contributed by atoms with Crippen LogP contribution in [0, 0.1) is 6.92 Å². The van der Waals surface area contributed by atoms with Gasteiger partial charge in [0.25, 0.3) is 5.91 Å². The van der Waals surface area contributed by atoms with Gasteiger partial charge in [-0.2, -0.15) is 5.10 Å². The predicted molar refractivity (Wildman–Crippen MR) is 102 cm³/mol. The molecule has 0 radical (unpaired) electrons. The number of nitrogens with zero attached hydrogens (tertiary/aromatic N) is 2. The predicted octanol–water partition coefficient (Wildman–Crippen LogP) is 3.78. The van der Waals surface area contributed by atoms with Crippen LogP contribution in [0.3, 0.4) is 0 Å². The van der Waals surface area contributed by atoms with Crippen LogP contribution in [0.25, 0.3) is 5.69 Å². The van der Waals surface area contributed by atoms with Crippen molar-refractivity contribution in [2.24, 2.45) is 0 Å². The van der Waals surface area contributed by atoms with Gasteiger partial charge in [0.15, 0.2) is 5.69 Å². The van der Waals surface area contributed by atoms with Crippen molar-refractivity contribution in [2.75, 3.05) is 0 Å². The fourth-order valence-corrected chi connectivity index (χ4v) is 2.91. The van der Waals surface area contributed by atoms with Crippen LogP contribution in [0.2, 0.25) is 10.0 Å². The Balaban J connectivity index is 1.90. The Bertz CT molecular complexity index is 1030.